The molecular weight excluding hydrogens is 372 g/mol. The molecule has 150 valence electrons. The fourth-order valence-electron chi connectivity index (χ4n) is 3.08. The highest BCUT2D eigenvalue weighted by Gasteiger charge is 2.30. The molecule has 0 bridgehead atoms. The summed E-state index contributed by atoms with van der Waals surface area (Å²) in [5, 5.41) is 2.75. The van der Waals surface area contributed by atoms with Gasteiger partial charge in [-0.3, -0.25) is 19.3 Å². The Kier molecular flexibility index (Phi) is 5.77. The maximum Gasteiger partial charge on any atom is 0.338 e. The van der Waals surface area contributed by atoms with Crippen molar-refractivity contribution in [1.29, 1.82) is 0 Å². The van der Waals surface area contributed by atoms with Crippen LogP contribution in [0.15, 0.2) is 42.5 Å². The number of anilines is 2. The molecule has 1 N–H and O–H groups in total. The lowest BCUT2D eigenvalue weighted by Crippen LogP contribution is -2.30. The Morgan fingerprint density at radius 1 is 1.00 bits per heavy atom. The number of nitrogens with one attached hydrogen (secondary N) is 1. The molecule has 29 heavy (non-hydrogen) atoms. The van der Waals surface area contributed by atoms with Crippen LogP contribution in [0, 0.1) is 13.8 Å². The Hall–Kier alpha value is -3.48. The van der Waals surface area contributed by atoms with Crippen LogP contribution in [0.5, 0.6) is 0 Å². The quantitative estimate of drug-likeness (QED) is 0.621. The summed E-state index contributed by atoms with van der Waals surface area (Å²) < 4.78 is 5.24. The predicted molar refractivity (Wildman–Crippen MR) is 108 cm³/mol. The zero-order valence-corrected chi connectivity index (χ0v) is 16.5. The molecule has 1 atom stereocenters. The standard InChI is InChI=1S/C22H22N2O5/c1-13-4-9-18(14(2)12-13)23-21(27)15(3)29-22(28)16-5-7-17(8-6-16)24-19(25)10-11-20(24)26/h4-9,12,15H,10-11H2,1-3H3,(H,23,27)/t15-/m1/s1. The second kappa shape index (κ2) is 8.26. The molecule has 0 unspecified atom stereocenters. The molecule has 1 aliphatic rings. The number of esters is 1. The van der Waals surface area contributed by atoms with E-state index in [1.165, 1.54) is 31.2 Å². The van der Waals surface area contributed by atoms with Crippen molar-refractivity contribution in [3.8, 4) is 0 Å². The molecule has 7 heteroatoms. The Morgan fingerprint density at radius 3 is 2.21 bits per heavy atom. The van der Waals surface area contributed by atoms with Crippen LogP contribution in [0.25, 0.3) is 0 Å². The van der Waals surface area contributed by atoms with Crippen LogP contribution in [0.4, 0.5) is 11.4 Å². The van der Waals surface area contributed by atoms with Crippen LogP contribution < -0.4 is 10.2 Å². The molecule has 7 nitrogen and oxygen atoms in total. The smallest absolute Gasteiger partial charge is 0.338 e. The summed E-state index contributed by atoms with van der Waals surface area (Å²) >= 11 is 0. The van der Waals surface area contributed by atoms with Crippen LogP contribution in [0.2, 0.25) is 0 Å². The number of ether oxygens (including phenoxy) is 1. The largest absolute Gasteiger partial charge is 0.449 e. The normalized spacial score (nSPS) is 14.7. The monoisotopic (exact) mass is 394 g/mol. The molecule has 2 aromatic carbocycles. The lowest BCUT2D eigenvalue weighted by atomic mass is 10.1. The van der Waals surface area contributed by atoms with E-state index >= 15 is 0 Å². The van der Waals surface area contributed by atoms with Gasteiger partial charge in [0.15, 0.2) is 6.10 Å². The highest BCUT2D eigenvalue weighted by molar-refractivity contribution is 6.19. The lowest BCUT2D eigenvalue weighted by molar-refractivity contribution is -0.124. The molecular formula is C22H22N2O5. The lowest BCUT2D eigenvalue weighted by Gasteiger charge is -2.16. The van der Waals surface area contributed by atoms with Gasteiger partial charge in [0.25, 0.3) is 5.91 Å². The van der Waals surface area contributed by atoms with Crippen molar-refractivity contribution < 1.29 is 23.9 Å². The molecule has 1 heterocycles. The van der Waals surface area contributed by atoms with Crippen molar-refractivity contribution in [3.63, 3.8) is 0 Å². The summed E-state index contributed by atoms with van der Waals surface area (Å²) in [5.74, 6) is -1.63. The summed E-state index contributed by atoms with van der Waals surface area (Å²) in [6, 6.07) is 11.6. The molecule has 1 aliphatic heterocycles. The average molecular weight is 394 g/mol. The van der Waals surface area contributed by atoms with Crippen LogP contribution in [0.1, 0.15) is 41.3 Å². The minimum absolute atomic E-state index is 0.190. The Morgan fingerprint density at radius 2 is 1.62 bits per heavy atom. The summed E-state index contributed by atoms with van der Waals surface area (Å²) in [7, 11) is 0. The minimum atomic E-state index is -0.996. The molecule has 1 saturated heterocycles. The van der Waals surface area contributed by atoms with Crippen molar-refractivity contribution in [2.45, 2.75) is 39.7 Å². The minimum Gasteiger partial charge on any atom is -0.449 e. The van der Waals surface area contributed by atoms with Crippen LogP contribution in [-0.2, 0) is 19.1 Å². The third-order valence-electron chi connectivity index (χ3n) is 4.71. The number of amides is 3. The van der Waals surface area contributed by atoms with Gasteiger partial charge in [-0.25, -0.2) is 4.79 Å². The van der Waals surface area contributed by atoms with Crippen molar-refractivity contribution >= 4 is 35.1 Å². The van der Waals surface area contributed by atoms with Gasteiger partial charge in [0, 0.05) is 18.5 Å². The number of rotatable bonds is 5. The third kappa shape index (κ3) is 4.51. The Bertz CT molecular complexity index is 965. The van der Waals surface area contributed by atoms with Gasteiger partial charge in [0.1, 0.15) is 0 Å². The van der Waals surface area contributed by atoms with E-state index in [9.17, 15) is 19.2 Å². The maximum atomic E-state index is 12.3. The first-order valence-electron chi connectivity index (χ1n) is 9.31. The summed E-state index contributed by atoms with van der Waals surface area (Å²) in [5.41, 5.74) is 3.29. The molecule has 0 radical (unpaired) electrons. The second-order valence-electron chi connectivity index (χ2n) is 7.02. The van der Waals surface area contributed by atoms with E-state index in [0.717, 1.165) is 16.0 Å². The van der Waals surface area contributed by atoms with E-state index in [-0.39, 0.29) is 30.2 Å². The predicted octanol–water partition coefficient (Wildman–Crippen LogP) is 3.14. The van der Waals surface area contributed by atoms with Crippen molar-refractivity contribution in [2.24, 2.45) is 0 Å². The van der Waals surface area contributed by atoms with Gasteiger partial charge in [-0.05, 0) is 56.7 Å². The number of carbonyl (C=O) groups excluding carboxylic acids is 4. The number of nitrogens with zero attached hydrogens (tertiary/aromatic N) is 1. The zero-order chi connectivity index (χ0) is 21.1. The first-order chi connectivity index (χ1) is 13.8. The number of hydrogen-bond acceptors (Lipinski definition) is 5. The molecule has 2 aromatic rings. The highest BCUT2D eigenvalue weighted by Crippen LogP contribution is 2.23. The molecule has 0 aromatic heterocycles. The van der Waals surface area contributed by atoms with Crippen molar-refractivity contribution in [2.75, 3.05) is 10.2 Å². The number of hydrogen-bond donors (Lipinski definition) is 1. The molecule has 1 fully saturated rings. The number of imide groups is 1. The van der Waals surface area contributed by atoms with E-state index in [0.29, 0.717) is 11.4 Å². The van der Waals surface area contributed by atoms with E-state index in [2.05, 4.69) is 5.32 Å². The van der Waals surface area contributed by atoms with Crippen molar-refractivity contribution in [1.82, 2.24) is 0 Å². The second-order valence-corrected chi connectivity index (χ2v) is 7.02. The first-order valence-corrected chi connectivity index (χ1v) is 9.31. The van der Waals surface area contributed by atoms with Crippen LogP contribution in [-0.4, -0.2) is 29.8 Å². The van der Waals surface area contributed by atoms with E-state index in [4.69, 9.17) is 4.74 Å². The fraction of sp³-hybridized carbons (Fsp3) is 0.273. The molecule has 0 aliphatic carbocycles. The number of benzene rings is 2. The zero-order valence-electron chi connectivity index (χ0n) is 16.5. The molecule has 0 spiro atoms. The van der Waals surface area contributed by atoms with Gasteiger partial charge < -0.3 is 10.1 Å². The third-order valence-corrected chi connectivity index (χ3v) is 4.71. The molecule has 3 amide bonds. The van der Waals surface area contributed by atoms with Gasteiger partial charge in [-0.1, -0.05) is 17.7 Å². The Balaban J connectivity index is 1.62. The molecule has 0 saturated carbocycles. The number of aryl methyl sites for hydroxylation is 2. The van der Waals surface area contributed by atoms with Crippen LogP contribution in [0.3, 0.4) is 0 Å². The van der Waals surface area contributed by atoms with Gasteiger partial charge in [0.05, 0.1) is 11.3 Å². The van der Waals surface area contributed by atoms with Crippen LogP contribution >= 0.6 is 0 Å². The van der Waals surface area contributed by atoms with Gasteiger partial charge in [-0.2, -0.15) is 0 Å². The summed E-state index contributed by atoms with van der Waals surface area (Å²) in [6.45, 7) is 5.34. The van der Waals surface area contributed by atoms with E-state index in [1.54, 1.807) is 6.07 Å². The van der Waals surface area contributed by atoms with Gasteiger partial charge in [-0.15, -0.1) is 0 Å². The maximum absolute atomic E-state index is 12.3. The van der Waals surface area contributed by atoms with E-state index in [1.807, 2.05) is 26.0 Å². The van der Waals surface area contributed by atoms with Crippen molar-refractivity contribution in [3.05, 3.63) is 59.2 Å². The summed E-state index contributed by atoms with van der Waals surface area (Å²) in [6.07, 6.45) is -0.615. The highest BCUT2D eigenvalue weighted by atomic mass is 16.5. The average Bonchev–Trinajstić information content (AvgIpc) is 3.02. The Labute approximate surface area is 168 Å². The van der Waals surface area contributed by atoms with Gasteiger partial charge >= 0.3 is 5.97 Å². The summed E-state index contributed by atoms with van der Waals surface area (Å²) in [4.78, 5) is 49.4. The SMILES string of the molecule is Cc1ccc(NC(=O)[C@@H](C)OC(=O)c2ccc(N3C(=O)CCC3=O)cc2)c(C)c1. The first kappa shape index (κ1) is 20.3. The van der Waals surface area contributed by atoms with Gasteiger partial charge in [0.2, 0.25) is 11.8 Å². The molecule has 3 rings (SSSR count). The fourth-order valence-corrected chi connectivity index (χ4v) is 3.08. The van der Waals surface area contributed by atoms with E-state index < -0.39 is 18.0 Å². The number of carbonyl (C=O) groups is 4. The topological polar surface area (TPSA) is 92.8 Å².